The smallest absolute Gasteiger partial charge is 0.000481 e. The van der Waals surface area contributed by atoms with Gasteiger partial charge >= 0.3 is 0 Å². The Morgan fingerprint density at radius 3 is 2.38 bits per heavy atom. The second-order valence-electron chi connectivity index (χ2n) is 5.39. The summed E-state index contributed by atoms with van der Waals surface area (Å²) in [6, 6.07) is 0. The Hall–Kier alpha value is -0.0400. The first-order chi connectivity index (χ1) is 6.08. The summed E-state index contributed by atoms with van der Waals surface area (Å²) in [6.07, 6.45) is 5.72. The summed E-state index contributed by atoms with van der Waals surface area (Å²) >= 11 is 0. The van der Waals surface area contributed by atoms with Gasteiger partial charge in [-0.2, -0.15) is 0 Å². The van der Waals surface area contributed by atoms with Gasteiger partial charge in [-0.05, 0) is 43.6 Å². The fourth-order valence-corrected chi connectivity index (χ4v) is 2.24. The molecule has 0 aromatic heterocycles. The topological polar surface area (TPSA) is 12.0 Å². The second kappa shape index (κ2) is 4.45. The predicted molar refractivity (Wildman–Crippen MR) is 58.8 cm³/mol. The molecule has 1 N–H and O–H groups in total. The third-order valence-corrected chi connectivity index (χ3v) is 3.44. The highest BCUT2D eigenvalue weighted by atomic mass is 14.8. The highest BCUT2D eigenvalue weighted by Crippen LogP contribution is 2.48. The van der Waals surface area contributed by atoms with Crippen LogP contribution in [0.5, 0.6) is 0 Å². The van der Waals surface area contributed by atoms with E-state index in [-0.39, 0.29) is 0 Å². The molecule has 0 amide bonds. The summed E-state index contributed by atoms with van der Waals surface area (Å²) in [5.41, 5.74) is 0.582. The standard InChI is InChI=1S/C12H25N/c1-10(2)7-8-12(3,9-13-4)11-5-6-11/h10-11,13H,5-9H2,1-4H3. The van der Waals surface area contributed by atoms with E-state index < -0.39 is 0 Å². The Morgan fingerprint density at radius 2 is 2.00 bits per heavy atom. The molecule has 0 saturated heterocycles. The number of nitrogens with one attached hydrogen (secondary N) is 1. The minimum absolute atomic E-state index is 0.582. The predicted octanol–water partition coefficient (Wildman–Crippen LogP) is 3.06. The van der Waals surface area contributed by atoms with E-state index in [9.17, 15) is 0 Å². The molecule has 0 radical (unpaired) electrons. The van der Waals surface area contributed by atoms with Crippen LogP contribution in [-0.4, -0.2) is 13.6 Å². The fraction of sp³-hybridized carbons (Fsp3) is 1.00. The molecule has 1 atom stereocenters. The molecule has 1 fully saturated rings. The van der Waals surface area contributed by atoms with Crippen molar-refractivity contribution in [3.05, 3.63) is 0 Å². The van der Waals surface area contributed by atoms with Gasteiger partial charge in [0, 0.05) is 6.54 Å². The molecule has 0 aromatic rings. The van der Waals surface area contributed by atoms with Crippen molar-refractivity contribution in [2.75, 3.05) is 13.6 Å². The van der Waals surface area contributed by atoms with Crippen LogP contribution >= 0.6 is 0 Å². The highest BCUT2D eigenvalue weighted by Gasteiger charge is 2.40. The van der Waals surface area contributed by atoms with E-state index in [4.69, 9.17) is 0 Å². The fourth-order valence-electron chi connectivity index (χ4n) is 2.24. The first kappa shape index (κ1) is 11.0. The van der Waals surface area contributed by atoms with E-state index in [1.165, 1.54) is 32.2 Å². The lowest BCUT2D eigenvalue weighted by molar-refractivity contribution is 0.225. The molecule has 1 heteroatoms. The quantitative estimate of drug-likeness (QED) is 0.667. The maximum Gasteiger partial charge on any atom is 0.000481 e. The van der Waals surface area contributed by atoms with Crippen LogP contribution in [0.3, 0.4) is 0 Å². The molecule has 0 aliphatic heterocycles. The number of hydrogen-bond acceptors (Lipinski definition) is 1. The zero-order valence-corrected chi connectivity index (χ0v) is 9.69. The van der Waals surface area contributed by atoms with Crippen LogP contribution in [0.2, 0.25) is 0 Å². The van der Waals surface area contributed by atoms with E-state index in [1.807, 2.05) is 0 Å². The lowest BCUT2D eigenvalue weighted by Gasteiger charge is -2.30. The van der Waals surface area contributed by atoms with Crippen molar-refractivity contribution in [1.82, 2.24) is 5.32 Å². The van der Waals surface area contributed by atoms with Gasteiger partial charge in [-0.3, -0.25) is 0 Å². The summed E-state index contributed by atoms with van der Waals surface area (Å²) in [5.74, 6) is 1.87. The lowest BCUT2D eigenvalue weighted by atomic mass is 9.79. The molecule has 0 heterocycles. The van der Waals surface area contributed by atoms with Crippen molar-refractivity contribution in [2.45, 2.75) is 46.5 Å². The molecule has 0 aromatic carbocycles. The van der Waals surface area contributed by atoms with Crippen molar-refractivity contribution < 1.29 is 0 Å². The van der Waals surface area contributed by atoms with Crippen LogP contribution in [0.15, 0.2) is 0 Å². The van der Waals surface area contributed by atoms with Gasteiger partial charge in [0.2, 0.25) is 0 Å². The Bertz CT molecular complexity index is 149. The van der Waals surface area contributed by atoms with Gasteiger partial charge in [0.05, 0.1) is 0 Å². The van der Waals surface area contributed by atoms with E-state index in [1.54, 1.807) is 0 Å². The van der Waals surface area contributed by atoms with Crippen molar-refractivity contribution in [3.63, 3.8) is 0 Å². The molecule has 78 valence electrons. The zero-order valence-electron chi connectivity index (χ0n) is 9.69. The van der Waals surface area contributed by atoms with Gasteiger partial charge in [0.1, 0.15) is 0 Å². The van der Waals surface area contributed by atoms with Crippen LogP contribution in [-0.2, 0) is 0 Å². The van der Waals surface area contributed by atoms with Gasteiger partial charge in [-0.15, -0.1) is 0 Å². The Labute approximate surface area is 83.3 Å². The molecule has 13 heavy (non-hydrogen) atoms. The lowest BCUT2D eigenvalue weighted by Crippen LogP contribution is -2.32. The molecular formula is C12H25N. The van der Waals surface area contributed by atoms with Gasteiger partial charge in [0.25, 0.3) is 0 Å². The molecule has 0 bridgehead atoms. The molecule has 1 aliphatic carbocycles. The molecule has 0 spiro atoms. The summed E-state index contributed by atoms with van der Waals surface area (Å²) in [6.45, 7) is 8.31. The van der Waals surface area contributed by atoms with Gasteiger partial charge in [-0.1, -0.05) is 27.2 Å². The summed E-state index contributed by atoms with van der Waals surface area (Å²) in [4.78, 5) is 0. The largest absolute Gasteiger partial charge is 0.319 e. The highest BCUT2D eigenvalue weighted by molar-refractivity contribution is 4.92. The van der Waals surface area contributed by atoms with Crippen LogP contribution in [0, 0.1) is 17.3 Å². The van der Waals surface area contributed by atoms with E-state index >= 15 is 0 Å². The van der Waals surface area contributed by atoms with E-state index in [0.29, 0.717) is 5.41 Å². The van der Waals surface area contributed by atoms with Crippen molar-refractivity contribution >= 4 is 0 Å². The third-order valence-electron chi connectivity index (χ3n) is 3.44. The molecule has 1 saturated carbocycles. The SMILES string of the molecule is CNCC(C)(CCC(C)C)C1CC1. The van der Waals surface area contributed by atoms with Gasteiger partial charge in [-0.25, -0.2) is 0 Å². The maximum absolute atomic E-state index is 3.35. The average Bonchev–Trinajstić information content (AvgIpc) is 2.83. The van der Waals surface area contributed by atoms with Crippen LogP contribution in [0.25, 0.3) is 0 Å². The molecular weight excluding hydrogens is 158 g/mol. The summed E-state index contributed by atoms with van der Waals surface area (Å²) in [7, 11) is 2.08. The zero-order chi connectivity index (χ0) is 9.90. The number of rotatable bonds is 6. The van der Waals surface area contributed by atoms with Crippen LogP contribution in [0.4, 0.5) is 0 Å². The molecule has 1 unspecified atom stereocenters. The molecule has 1 aliphatic rings. The average molecular weight is 183 g/mol. The van der Waals surface area contributed by atoms with E-state index in [0.717, 1.165) is 11.8 Å². The third kappa shape index (κ3) is 3.30. The normalized spacial score (nSPS) is 21.9. The summed E-state index contributed by atoms with van der Waals surface area (Å²) in [5, 5.41) is 3.35. The van der Waals surface area contributed by atoms with Gasteiger partial charge < -0.3 is 5.32 Å². The first-order valence-electron chi connectivity index (χ1n) is 5.73. The number of hydrogen-bond donors (Lipinski definition) is 1. The molecule has 1 rings (SSSR count). The Kier molecular flexibility index (Phi) is 3.78. The van der Waals surface area contributed by atoms with Crippen molar-refractivity contribution in [2.24, 2.45) is 17.3 Å². The van der Waals surface area contributed by atoms with E-state index in [2.05, 4.69) is 33.1 Å². The Morgan fingerprint density at radius 1 is 1.38 bits per heavy atom. The first-order valence-corrected chi connectivity index (χ1v) is 5.73. The molecule has 1 nitrogen and oxygen atoms in total. The monoisotopic (exact) mass is 183 g/mol. The second-order valence-corrected chi connectivity index (χ2v) is 5.39. The minimum Gasteiger partial charge on any atom is -0.319 e. The minimum atomic E-state index is 0.582. The Balaban J connectivity index is 2.36. The van der Waals surface area contributed by atoms with Crippen molar-refractivity contribution in [1.29, 1.82) is 0 Å². The van der Waals surface area contributed by atoms with Crippen LogP contribution < -0.4 is 5.32 Å². The summed E-state index contributed by atoms with van der Waals surface area (Å²) < 4.78 is 0. The van der Waals surface area contributed by atoms with Gasteiger partial charge in [0.15, 0.2) is 0 Å². The van der Waals surface area contributed by atoms with Crippen LogP contribution in [0.1, 0.15) is 46.5 Å². The maximum atomic E-state index is 3.35. The van der Waals surface area contributed by atoms with Crippen molar-refractivity contribution in [3.8, 4) is 0 Å².